The molecule has 0 aromatic heterocycles. The fourth-order valence-corrected chi connectivity index (χ4v) is 4.25. The number of amides is 2. The van der Waals surface area contributed by atoms with Gasteiger partial charge in [-0.05, 0) is 24.3 Å². The largest absolute Gasteiger partial charge is 0.497 e. The minimum absolute atomic E-state index is 0.0589. The number of piperidine rings is 1. The third-order valence-corrected chi connectivity index (χ3v) is 5.81. The zero-order valence-electron chi connectivity index (χ0n) is 17.7. The Morgan fingerprint density at radius 1 is 1.00 bits per heavy atom. The van der Waals surface area contributed by atoms with Crippen LogP contribution in [0.1, 0.15) is 18.4 Å². The topological polar surface area (TPSA) is 79.3 Å². The maximum atomic E-state index is 13.7. The van der Waals surface area contributed by atoms with Crippen LogP contribution in [-0.4, -0.2) is 55.7 Å². The smallest absolute Gasteiger partial charge is 0.282 e. The van der Waals surface area contributed by atoms with Crippen LogP contribution in [0.5, 0.6) is 11.5 Å². The fraction of sp³-hybridized carbons (Fsp3) is 0.333. The molecule has 162 valence electrons. The number of hydrogen-bond donors (Lipinski definition) is 1. The van der Waals surface area contributed by atoms with Crippen molar-refractivity contribution < 1.29 is 24.2 Å². The zero-order chi connectivity index (χ0) is 22.0. The van der Waals surface area contributed by atoms with E-state index >= 15 is 0 Å². The molecule has 1 fully saturated rings. The minimum Gasteiger partial charge on any atom is -0.497 e. The molecule has 2 heterocycles. The SMILES string of the molecule is COc1cc(OC)cc(N2C(=O)C(c3ccccc3)=C(N3CCCC(CO)C3)C2=O)c1. The van der Waals surface area contributed by atoms with Crippen molar-refractivity contribution in [3.05, 3.63) is 59.8 Å². The van der Waals surface area contributed by atoms with Crippen molar-refractivity contribution in [1.82, 2.24) is 4.90 Å². The van der Waals surface area contributed by atoms with Crippen molar-refractivity contribution in [2.75, 3.05) is 38.8 Å². The Labute approximate surface area is 181 Å². The molecule has 0 bridgehead atoms. The molecule has 2 aliphatic heterocycles. The van der Waals surface area contributed by atoms with E-state index in [-0.39, 0.29) is 24.3 Å². The van der Waals surface area contributed by atoms with Gasteiger partial charge in [0.05, 0.1) is 25.5 Å². The van der Waals surface area contributed by atoms with E-state index in [4.69, 9.17) is 9.47 Å². The van der Waals surface area contributed by atoms with Gasteiger partial charge in [-0.2, -0.15) is 0 Å². The molecular weight excluding hydrogens is 396 g/mol. The van der Waals surface area contributed by atoms with Crippen LogP contribution in [0.25, 0.3) is 5.57 Å². The van der Waals surface area contributed by atoms with Crippen LogP contribution in [0, 0.1) is 5.92 Å². The van der Waals surface area contributed by atoms with E-state index < -0.39 is 0 Å². The van der Waals surface area contributed by atoms with Crippen molar-refractivity contribution in [1.29, 1.82) is 0 Å². The Balaban J connectivity index is 1.81. The molecule has 0 radical (unpaired) electrons. The number of carbonyl (C=O) groups is 2. The monoisotopic (exact) mass is 422 g/mol. The molecule has 0 spiro atoms. The maximum Gasteiger partial charge on any atom is 0.282 e. The van der Waals surface area contributed by atoms with Gasteiger partial charge in [0.15, 0.2) is 0 Å². The molecule has 2 aromatic rings. The van der Waals surface area contributed by atoms with Gasteiger partial charge in [0, 0.05) is 37.9 Å². The Hall–Kier alpha value is -3.32. The number of nitrogens with zero attached hydrogens (tertiary/aromatic N) is 2. The molecular formula is C24H26N2O5. The lowest BCUT2D eigenvalue weighted by molar-refractivity contribution is -0.120. The Morgan fingerprint density at radius 3 is 2.29 bits per heavy atom. The van der Waals surface area contributed by atoms with E-state index in [9.17, 15) is 14.7 Å². The molecule has 1 unspecified atom stereocenters. The second-order valence-corrected chi connectivity index (χ2v) is 7.74. The van der Waals surface area contributed by atoms with Crippen LogP contribution in [0.2, 0.25) is 0 Å². The van der Waals surface area contributed by atoms with Gasteiger partial charge < -0.3 is 19.5 Å². The van der Waals surface area contributed by atoms with E-state index in [1.54, 1.807) is 18.2 Å². The number of imide groups is 1. The predicted octanol–water partition coefficient (Wildman–Crippen LogP) is 2.69. The molecule has 31 heavy (non-hydrogen) atoms. The normalized spacial score (nSPS) is 19.3. The maximum absolute atomic E-state index is 13.7. The number of aliphatic hydroxyl groups excluding tert-OH is 1. The first-order valence-corrected chi connectivity index (χ1v) is 10.3. The summed E-state index contributed by atoms with van der Waals surface area (Å²) in [5.41, 5.74) is 1.85. The first-order valence-electron chi connectivity index (χ1n) is 10.3. The molecule has 1 N–H and O–H groups in total. The Kier molecular flexibility index (Phi) is 5.95. The van der Waals surface area contributed by atoms with Crippen LogP contribution in [0.15, 0.2) is 54.2 Å². The Morgan fingerprint density at radius 2 is 1.68 bits per heavy atom. The highest BCUT2D eigenvalue weighted by atomic mass is 16.5. The third-order valence-electron chi connectivity index (χ3n) is 5.81. The molecule has 2 aromatic carbocycles. The van der Waals surface area contributed by atoms with Crippen molar-refractivity contribution in [3.63, 3.8) is 0 Å². The van der Waals surface area contributed by atoms with Crippen LogP contribution >= 0.6 is 0 Å². The van der Waals surface area contributed by atoms with E-state index in [0.717, 1.165) is 12.8 Å². The molecule has 7 heteroatoms. The summed E-state index contributed by atoms with van der Waals surface area (Å²) in [6, 6.07) is 14.2. The van der Waals surface area contributed by atoms with Gasteiger partial charge in [-0.25, -0.2) is 4.90 Å². The number of methoxy groups -OCH3 is 2. The lowest BCUT2D eigenvalue weighted by Crippen LogP contribution is -2.40. The third kappa shape index (κ3) is 3.88. The summed E-state index contributed by atoms with van der Waals surface area (Å²) in [6.07, 6.45) is 1.76. The second-order valence-electron chi connectivity index (χ2n) is 7.74. The number of hydrogen-bond acceptors (Lipinski definition) is 6. The molecule has 0 aliphatic carbocycles. The standard InChI is InChI=1S/C24H26N2O5/c1-30-19-11-18(12-20(13-19)31-2)26-23(28)21(17-8-4-3-5-9-17)22(24(26)29)25-10-6-7-16(14-25)15-27/h3-5,8-9,11-13,16,27H,6-7,10,14-15H2,1-2H3. The van der Waals surface area contributed by atoms with Gasteiger partial charge in [-0.15, -0.1) is 0 Å². The molecule has 1 saturated heterocycles. The Bertz CT molecular complexity index is 996. The van der Waals surface area contributed by atoms with Gasteiger partial charge in [0.2, 0.25) is 0 Å². The summed E-state index contributed by atoms with van der Waals surface area (Å²) in [5, 5.41) is 9.66. The van der Waals surface area contributed by atoms with Crippen molar-refractivity contribution in [2.45, 2.75) is 12.8 Å². The molecule has 1 atom stereocenters. The van der Waals surface area contributed by atoms with Gasteiger partial charge >= 0.3 is 0 Å². The highest BCUT2D eigenvalue weighted by Gasteiger charge is 2.43. The van der Waals surface area contributed by atoms with Gasteiger partial charge in [0.1, 0.15) is 17.2 Å². The highest BCUT2D eigenvalue weighted by molar-refractivity contribution is 6.45. The fourth-order valence-electron chi connectivity index (χ4n) is 4.25. The number of ether oxygens (including phenoxy) is 2. The number of carbonyl (C=O) groups excluding carboxylic acids is 2. The molecule has 2 aliphatic rings. The lowest BCUT2D eigenvalue weighted by atomic mass is 9.97. The van der Waals surface area contributed by atoms with Gasteiger partial charge in [-0.1, -0.05) is 30.3 Å². The lowest BCUT2D eigenvalue weighted by Gasteiger charge is -2.34. The van der Waals surface area contributed by atoms with Gasteiger partial charge in [-0.3, -0.25) is 9.59 Å². The summed E-state index contributed by atoms with van der Waals surface area (Å²) in [4.78, 5) is 30.4. The van der Waals surface area contributed by atoms with E-state index in [1.807, 2.05) is 35.2 Å². The predicted molar refractivity (Wildman–Crippen MR) is 117 cm³/mol. The minimum atomic E-state index is -0.382. The van der Waals surface area contributed by atoms with E-state index in [0.29, 0.717) is 47.1 Å². The van der Waals surface area contributed by atoms with Crippen LogP contribution < -0.4 is 14.4 Å². The summed E-state index contributed by atoms with van der Waals surface area (Å²) in [5.74, 6) is 0.295. The summed E-state index contributed by atoms with van der Waals surface area (Å²) < 4.78 is 10.7. The van der Waals surface area contributed by atoms with Gasteiger partial charge in [0.25, 0.3) is 11.8 Å². The van der Waals surface area contributed by atoms with E-state index in [1.165, 1.54) is 19.1 Å². The summed E-state index contributed by atoms with van der Waals surface area (Å²) in [6.45, 7) is 1.26. The quantitative estimate of drug-likeness (QED) is 0.721. The van der Waals surface area contributed by atoms with Crippen LogP contribution in [0.4, 0.5) is 5.69 Å². The van der Waals surface area contributed by atoms with Crippen molar-refractivity contribution in [2.24, 2.45) is 5.92 Å². The van der Waals surface area contributed by atoms with Crippen LogP contribution in [-0.2, 0) is 9.59 Å². The average molecular weight is 422 g/mol. The first-order chi connectivity index (χ1) is 15.1. The second kappa shape index (κ2) is 8.81. The summed E-state index contributed by atoms with van der Waals surface area (Å²) >= 11 is 0. The molecule has 7 nitrogen and oxygen atoms in total. The van der Waals surface area contributed by atoms with Crippen LogP contribution in [0.3, 0.4) is 0 Å². The number of aliphatic hydroxyl groups is 1. The number of rotatable bonds is 6. The zero-order valence-corrected chi connectivity index (χ0v) is 17.7. The van der Waals surface area contributed by atoms with E-state index in [2.05, 4.69) is 0 Å². The number of benzene rings is 2. The highest BCUT2D eigenvalue weighted by Crippen LogP contribution is 2.38. The van der Waals surface area contributed by atoms with Crippen molar-refractivity contribution >= 4 is 23.1 Å². The molecule has 0 saturated carbocycles. The molecule has 4 rings (SSSR count). The first kappa shape index (κ1) is 20.9. The van der Waals surface area contributed by atoms with Crippen molar-refractivity contribution in [3.8, 4) is 11.5 Å². The number of anilines is 1. The molecule has 2 amide bonds. The number of likely N-dealkylation sites (tertiary alicyclic amines) is 1. The summed E-state index contributed by atoms with van der Waals surface area (Å²) in [7, 11) is 3.04. The average Bonchev–Trinajstić information content (AvgIpc) is 3.09.